The molecule has 12 heteroatoms. The summed E-state index contributed by atoms with van der Waals surface area (Å²) in [6.45, 7) is 3.76. The number of amides is 4. The Morgan fingerprint density at radius 1 is 0.973 bits per heavy atom. The second kappa shape index (κ2) is 10.3. The van der Waals surface area contributed by atoms with Crippen molar-refractivity contribution in [1.29, 1.82) is 0 Å². The fourth-order valence-corrected chi connectivity index (χ4v) is 4.04. The summed E-state index contributed by atoms with van der Waals surface area (Å²) in [6.07, 6.45) is -3.44. The van der Waals surface area contributed by atoms with Gasteiger partial charge >= 0.3 is 12.4 Å². The molecule has 0 unspecified atom stereocenters. The molecule has 4 rings (SSSR count). The van der Waals surface area contributed by atoms with Crippen LogP contribution in [0.3, 0.4) is 0 Å². The van der Waals surface area contributed by atoms with Crippen LogP contribution in [0.4, 0.5) is 29.3 Å². The van der Waals surface area contributed by atoms with Gasteiger partial charge in [-0.1, -0.05) is 24.3 Å². The largest absolute Gasteiger partial charge is 0.573 e. The number of rotatable bonds is 6. The number of aryl methyl sites for hydroxylation is 2. The summed E-state index contributed by atoms with van der Waals surface area (Å²) in [5, 5.41) is 2.76. The van der Waals surface area contributed by atoms with Gasteiger partial charge in [-0.2, -0.15) is 0 Å². The van der Waals surface area contributed by atoms with E-state index in [-0.39, 0.29) is 16.8 Å². The van der Waals surface area contributed by atoms with Crippen LogP contribution in [-0.2, 0) is 0 Å². The van der Waals surface area contributed by atoms with Crippen molar-refractivity contribution >= 4 is 47.6 Å². The van der Waals surface area contributed by atoms with E-state index in [1.54, 1.807) is 6.07 Å². The molecule has 1 aliphatic heterocycles. The smallest absolute Gasteiger partial charge is 0.406 e. The minimum atomic E-state index is -4.85. The van der Waals surface area contributed by atoms with E-state index < -0.39 is 30.0 Å². The molecule has 0 aliphatic carbocycles. The van der Waals surface area contributed by atoms with E-state index in [2.05, 4.69) is 19.2 Å². The van der Waals surface area contributed by atoms with Gasteiger partial charge in [-0.15, -0.1) is 13.2 Å². The van der Waals surface area contributed by atoms with Crippen LogP contribution < -0.4 is 19.7 Å². The third-order valence-corrected chi connectivity index (χ3v) is 5.84. The topological polar surface area (TPSA) is 100 Å². The van der Waals surface area contributed by atoms with Crippen LogP contribution in [0.25, 0.3) is 0 Å². The molecule has 3 aromatic rings. The van der Waals surface area contributed by atoms with E-state index in [4.69, 9.17) is 0 Å². The molecule has 0 spiro atoms. The lowest BCUT2D eigenvalue weighted by atomic mass is 10.1. The second-order valence-corrected chi connectivity index (χ2v) is 8.54. The van der Waals surface area contributed by atoms with Crippen LogP contribution in [0.5, 0.6) is 5.75 Å². The number of carbonyl (C=O) groups excluding carboxylic acids is 3. The zero-order chi connectivity index (χ0) is 26.7. The number of halogens is 3. The summed E-state index contributed by atoms with van der Waals surface area (Å²) in [5.74, 6) is -1.70. The highest BCUT2D eigenvalue weighted by atomic mass is 32.2. The number of nitrogens with one attached hydrogen (secondary N) is 2. The van der Waals surface area contributed by atoms with Crippen molar-refractivity contribution in [1.82, 2.24) is 4.72 Å². The van der Waals surface area contributed by atoms with Crippen LogP contribution in [-0.4, -0.2) is 30.4 Å². The molecule has 0 bridgehead atoms. The summed E-state index contributed by atoms with van der Waals surface area (Å²) >= 11 is 0.778. The minimum absolute atomic E-state index is 0.102. The molecular formula is C25H19F3N4O4S. The number of nitrogens with zero attached hydrogens (tertiary/aromatic N) is 2. The van der Waals surface area contributed by atoms with Gasteiger partial charge in [0.1, 0.15) is 5.75 Å². The Bertz CT molecular complexity index is 1390. The fraction of sp³-hybridized carbons (Fsp3) is 0.120. The number of anilines is 2. The van der Waals surface area contributed by atoms with E-state index >= 15 is 0 Å². The lowest BCUT2D eigenvalue weighted by Gasteiger charge is -2.15. The Balaban J connectivity index is 1.39. The van der Waals surface area contributed by atoms with Crippen molar-refractivity contribution in [2.24, 2.45) is 4.40 Å². The maximum absolute atomic E-state index is 12.9. The second-order valence-electron chi connectivity index (χ2n) is 7.94. The fourth-order valence-electron chi connectivity index (χ4n) is 3.68. The van der Waals surface area contributed by atoms with Gasteiger partial charge < -0.3 is 10.1 Å². The zero-order valence-corrected chi connectivity index (χ0v) is 20.2. The number of ether oxygens (including phenoxy) is 1. The minimum Gasteiger partial charge on any atom is -0.406 e. The molecule has 0 fully saturated rings. The molecule has 1 aliphatic rings. The van der Waals surface area contributed by atoms with Crippen LogP contribution in [0.1, 0.15) is 37.4 Å². The van der Waals surface area contributed by atoms with Crippen molar-refractivity contribution in [3.8, 4) is 5.75 Å². The van der Waals surface area contributed by atoms with Gasteiger partial charge in [0.15, 0.2) is 0 Å². The number of para-hydroxylation sites is 1. The number of carbonyl (C=O) groups is 3. The van der Waals surface area contributed by atoms with Crippen molar-refractivity contribution in [3.05, 3.63) is 88.5 Å². The normalized spacial score (nSPS) is 13.2. The van der Waals surface area contributed by atoms with Crippen LogP contribution >= 0.6 is 12.1 Å². The first-order chi connectivity index (χ1) is 17.5. The Morgan fingerprint density at radius 2 is 1.62 bits per heavy atom. The third kappa shape index (κ3) is 5.92. The molecule has 3 aromatic carbocycles. The van der Waals surface area contributed by atoms with Crippen molar-refractivity contribution in [3.63, 3.8) is 0 Å². The number of alkyl halides is 3. The highest BCUT2D eigenvalue weighted by molar-refractivity contribution is 7.96. The predicted octanol–water partition coefficient (Wildman–Crippen LogP) is 5.81. The molecule has 1 heterocycles. The average molecular weight is 529 g/mol. The summed E-state index contributed by atoms with van der Waals surface area (Å²) < 4.78 is 47.5. The van der Waals surface area contributed by atoms with E-state index in [9.17, 15) is 27.6 Å². The maximum atomic E-state index is 12.9. The van der Waals surface area contributed by atoms with E-state index in [1.807, 2.05) is 32.0 Å². The molecule has 8 nitrogen and oxygen atoms in total. The van der Waals surface area contributed by atoms with Crippen LogP contribution in [0.2, 0.25) is 0 Å². The molecule has 0 saturated carbocycles. The number of benzene rings is 3. The number of imide groups is 1. The first-order valence-corrected chi connectivity index (χ1v) is 11.5. The molecular weight excluding hydrogens is 509 g/mol. The summed E-state index contributed by atoms with van der Waals surface area (Å²) in [5.41, 5.74) is 3.41. The molecule has 37 heavy (non-hydrogen) atoms. The Morgan fingerprint density at radius 3 is 2.27 bits per heavy atom. The van der Waals surface area contributed by atoms with Gasteiger partial charge in [-0.3, -0.25) is 14.3 Å². The predicted molar refractivity (Wildman–Crippen MR) is 134 cm³/mol. The molecule has 0 radical (unpaired) electrons. The highest BCUT2D eigenvalue weighted by Crippen LogP contribution is 2.31. The lowest BCUT2D eigenvalue weighted by molar-refractivity contribution is -0.274. The molecule has 0 atom stereocenters. The average Bonchev–Trinajstić information content (AvgIpc) is 3.08. The van der Waals surface area contributed by atoms with Gasteiger partial charge in [-0.05, 0) is 66.9 Å². The van der Waals surface area contributed by atoms with E-state index in [1.165, 1.54) is 30.5 Å². The van der Waals surface area contributed by atoms with Crippen molar-refractivity contribution in [2.75, 3.05) is 10.2 Å². The first-order valence-electron chi connectivity index (χ1n) is 10.7. The van der Waals surface area contributed by atoms with Gasteiger partial charge in [0.2, 0.25) is 0 Å². The number of hydrogen-bond acceptors (Lipinski definition) is 6. The van der Waals surface area contributed by atoms with Crippen molar-refractivity contribution < 1.29 is 32.3 Å². The van der Waals surface area contributed by atoms with Crippen LogP contribution in [0, 0.1) is 13.8 Å². The lowest BCUT2D eigenvalue weighted by Crippen LogP contribution is -2.29. The molecule has 4 amide bonds. The zero-order valence-electron chi connectivity index (χ0n) is 19.4. The van der Waals surface area contributed by atoms with Gasteiger partial charge in [-0.25, -0.2) is 14.1 Å². The Hall–Kier alpha value is -4.32. The summed E-state index contributed by atoms with van der Waals surface area (Å²) in [7, 11) is 0. The Labute approximate surface area is 213 Å². The monoisotopic (exact) mass is 528 g/mol. The van der Waals surface area contributed by atoms with Crippen molar-refractivity contribution in [2.45, 2.75) is 20.2 Å². The summed E-state index contributed by atoms with van der Waals surface area (Å²) in [6, 6.07) is 14.1. The number of hydrogen-bond donors (Lipinski definition) is 2. The van der Waals surface area contributed by atoms with Gasteiger partial charge in [0.05, 0.1) is 28.9 Å². The molecule has 2 N–H and O–H groups in total. The first kappa shape index (κ1) is 25.8. The van der Waals surface area contributed by atoms with Gasteiger partial charge in [0.25, 0.3) is 11.8 Å². The maximum Gasteiger partial charge on any atom is 0.573 e. The molecule has 0 aromatic heterocycles. The molecule has 0 saturated heterocycles. The standard InChI is InChI=1S/C25H19F3N4O4S/c1-14-4-3-5-15(2)21(14)30-24(35)31-37-29-13-16-6-11-19-20(12-16)23(34)32(22(19)33)17-7-9-18(10-8-17)36-25(26,27)28/h3-13H,1-2H3,(H2,30,31,35). The van der Waals surface area contributed by atoms with E-state index in [0.717, 1.165) is 40.3 Å². The highest BCUT2D eigenvalue weighted by Gasteiger charge is 2.37. The SMILES string of the molecule is Cc1cccc(C)c1NC(=O)NSN=Cc1ccc2c(c1)C(=O)N(c1ccc(OC(F)(F)F)cc1)C2=O. The molecule has 190 valence electrons. The van der Waals surface area contributed by atoms with Crippen LogP contribution in [0.15, 0.2) is 65.1 Å². The number of fused-ring (bicyclic) bond motifs is 1. The van der Waals surface area contributed by atoms with Gasteiger partial charge in [0, 0.05) is 11.9 Å². The third-order valence-electron chi connectivity index (χ3n) is 5.35. The quantitative estimate of drug-likeness (QED) is 0.239. The van der Waals surface area contributed by atoms with E-state index in [0.29, 0.717) is 11.3 Å². The number of urea groups is 1. The Kier molecular flexibility index (Phi) is 7.21. The summed E-state index contributed by atoms with van der Waals surface area (Å²) in [4.78, 5) is 38.7.